The van der Waals surface area contributed by atoms with Crippen LogP contribution in [0.25, 0.3) is 5.69 Å². The molecule has 0 saturated carbocycles. The number of hydrogen-bond donors (Lipinski definition) is 1. The predicted octanol–water partition coefficient (Wildman–Crippen LogP) is 1.12. The maximum Gasteiger partial charge on any atom is 0.238 e. The molecular weight excluding hydrogens is 218 g/mol. The molecule has 0 fully saturated rings. The van der Waals surface area contributed by atoms with Gasteiger partial charge in [0.2, 0.25) is 5.91 Å². The highest BCUT2D eigenvalue weighted by atomic mass is 16.1. The van der Waals surface area contributed by atoms with Gasteiger partial charge in [-0.05, 0) is 24.3 Å². The average molecular weight is 227 g/mol. The van der Waals surface area contributed by atoms with Crippen molar-refractivity contribution >= 4 is 11.6 Å². The highest BCUT2D eigenvalue weighted by Crippen LogP contribution is 2.11. The Morgan fingerprint density at radius 2 is 1.94 bits per heavy atom. The number of nitrogens with one attached hydrogen (secondary N) is 1. The quantitative estimate of drug-likeness (QED) is 0.851. The summed E-state index contributed by atoms with van der Waals surface area (Å²) in [6.45, 7) is 0. The number of benzene rings is 1. The molecule has 1 aromatic carbocycles. The summed E-state index contributed by atoms with van der Waals surface area (Å²) in [5.41, 5.74) is 1.44. The first-order valence-corrected chi connectivity index (χ1v) is 4.93. The number of hydrogen-bond acceptors (Lipinski definition) is 4. The molecule has 2 aromatic rings. The van der Waals surface area contributed by atoms with Crippen LogP contribution in [0.3, 0.4) is 0 Å². The molecule has 0 aliphatic rings. The Morgan fingerprint density at radius 1 is 1.29 bits per heavy atom. The van der Waals surface area contributed by atoms with Gasteiger partial charge in [-0.2, -0.15) is 20.3 Å². The van der Waals surface area contributed by atoms with E-state index in [0.29, 0.717) is 5.69 Å². The normalized spacial score (nSPS) is 9.59. The summed E-state index contributed by atoms with van der Waals surface area (Å²) in [5.74, 6) is -0.322. The van der Waals surface area contributed by atoms with Gasteiger partial charge in [0.25, 0.3) is 0 Å². The van der Waals surface area contributed by atoms with Gasteiger partial charge in [0.05, 0.1) is 24.2 Å². The third-order valence-corrected chi connectivity index (χ3v) is 2.04. The Hall–Kier alpha value is -2.68. The minimum Gasteiger partial charge on any atom is -0.325 e. The van der Waals surface area contributed by atoms with Crippen LogP contribution in [0.1, 0.15) is 6.42 Å². The Kier molecular flexibility index (Phi) is 3.12. The summed E-state index contributed by atoms with van der Waals surface area (Å²) in [7, 11) is 0. The van der Waals surface area contributed by atoms with Crippen LogP contribution < -0.4 is 5.32 Å². The van der Waals surface area contributed by atoms with Crippen LogP contribution in [0.4, 0.5) is 5.69 Å². The number of carbonyl (C=O) groups excluding carboxylic acids is 1. The largest absolute Gasteiger partial charge is 0.325 e. The number of aromatic nitrogens is 3. The molecular formula is C11H9N5O. The molecule has 1 amide bonds. The summed E-state index contributed by atoms with van der Waals surface area (Å²) < 4.78 is 0. The average Bonchev–Trinajstić information content (AvgIpc) is 2.84. The first kappa shape index (κ1) is 10.8. The zero-order valence-corrected chi connectivity index (χ0v) is 8.87. The molecule has 84 valence electrons. The summed E-state index contributed by atoms with van der Waals surface area (Å²) in [4.78, 5) is 12.6. The van der Waals surface area contributed by atoms with Gasteiger partial charge in [0.1, 0.15) is 6.42 Å². The van der Waals surface area contributed by atoms with Crippen LogP contribution in [0.2, 0.25) is 0 Å². The third kappa shape index (κ3) is 2.66. The van der Waals surface area contributed by atoms with E-state index in [9.17, 15) is 4.79 Å². The Morgan fingerprint density at radius 3 is 2.53 bits per heavy atom. The van der Waals surface area contributed by atoms with Gasteiger partial charge in [-0.15, -0.1) is 0 Å². The molecule has 6 heteroatoms. The lowest BCUT2D eigenvalue weighted by atomic mass is 10.3. The molecule has 0 radical (unpaired) electrons. The maximum atomic E-state index is 11.2. The van der Waals surface area contributed by atoms with Crippen molar-refractivity contribution in [3.05, 3.63) is 36.7 Å². The predicted molar refractivity (Wildman–Crippen MR) is 60.2 cm³/mol. The standard InChI is InChI=1S/C11H9N5O/c12-6-5-11(17)15-9-1-3-10(4-2-9)16-13-7-8-14-16/h1-4,7-8H,5H2,(H,15,17). The number of amides is 1. The van der Waals surface area contributed by atoms with Gasteiger partial charge in [-0.1, -0.05) is 0 Å². The molecule has 0 bridgehead atoms. The molecule has 1 heterocycles. The summed E-state index contributed by atoms with van der Waals surface area (Å²) in [6, 6.07) is 8.81. The van der Waals surface area contributed by atoms with Crippen molar-refractivity contribution in [1.29, 1.82) is 5.26 Å². The van der Waals surface area contributed by atoms with Crippen molar-refractivity contribution in [1.82, 2.24) is 15.0 Å². The van der Waals surface area contributed by atoms with Crippen LogP contribution in [0.5, 0.6) is 0 Å². The van der Waals surface area contributed by atoms with Gasteiger partial charge in [0.15, 0.2) is 0 Å². The van der Waals surface area contributed by atoms with Crippen LogP contribution in [-0.4, -0.2) is 20.9 Å². The first-order chi connectivity index (χ1) is 8.29. The van der Waals surface area contributed by atoms with Crippen molar-refractivity contribution in [2.24, 2.45) is 0 Å². The Bertz CT molecular complexity index is 538. The van der Waals surface area contributed by atoms with E-state index < -0.39 is 0 Å². The number of nitriles is 1. The van der Waals surface area contributed by atoms with Crippen molar-refractivity contribution in [3.63, 3.8) is 0 Å². The molecule has 0 unspecified atom stereocenters. The molecule has 1 aromatic heterocycles. The second-order valence-corrected chi connectivity index (χ2v) is 3.25. The minimum absolute atomic E-state index is 0.150. The van der Waals surface area contributed by atoms with Gasteiger partial charge in [-0.25, -0.2) is 0 Å². The van der Waals surface area contributed by atoms with Crippen LogP contribution >= 0.6 is 0 Å². The SMILES string of the molecule is N#CCC(=O)Nc1ccc(-n2nccn2)cc1. The van der Waals surface area contributed by atoms with E-state index in [-0.39, 0.29) is 12.3 Å². The molecule has 6 nitrogen and oxygen atoms in total. The molecule has 0 aliphatic carbocycles. The Balaban J connectivity index is 2.09. The monoisotopic (exact) mass is 227 g/mol. The molecule has 17 heavy (non-hydrogen) atoms. The van der Waals surface area contributed by atoms with E-state index in [1.54, 1.807) is 42.7 Å². The molecule has 0 spiro atoms. The first-order valence-electron chi connectivity index (χ1n) is 4.93. The van der Waals surface area contributed by atoms with Gasteiger partial charge >= 0.3 is 0 Å². The van der Waals surface area contributed by atoms with E-state index in [2.05, 4.69) is 15.5 Å². The van der Waals surface area contributed by atoms with Crippen molar-refractivity contribution in [2.75, 3.05) is 5.32 Å². The van der Waals surface area contributed by atoms with Crippen molar-refractivity contribution in [3.8, 4) is 11.8 Å². The fourth-order valence-corrected chi connectivity index (χ4v) is 1.30. The van der Waals surface area contributed by atoms with E-state index >= 15 is 0 Å². The number of rotatable bonds is 3. The van der Waals surface area contributed by atoms with Gasteiger partial charge in [0, 0.05) is 5.69 Å². The second-order valence-electron chi connectivity index (χ2n) is 3.25. The fourth-order valence-electron chi connectivity index (χ4n) is 1.30. The maximum absolute atomic E-state index is 11.2. The molecule has 1 N–H and O–H groups in total. The number of carbonyl (C=O) groups is 1. The van der Waals surface area contributed by atoms with Gasteiger partial charge < -0.3 is 5.32 Å². The highest BCUT2D eigenvalue weighted by molar-refractivity contribution is 5.92. The lowest BCUT2D eigenvalue weighted by Crippen LogP contribution is -2.10. The van der Waals surface area contributed by atoms with Crippen LogP contribution in [-0.2, 0) is 4.79 Å². The smallest absolute Gasteiger partial charge is 0.238 e. The molecule has 2 rings (SSSR count). The zero-order valence-electron chi connectivity index (χ0n) is 8.87. The van der Waals surface area contributed by atoms with Crippen LogP contribution in [0.15, 0.2) is 36.7 Å². The van der Waals surface area contributed by atoms with E-state index in [0.717, 1.165) is 5.69 Å². The molecule has 0 saturated heterocycles. The lowest BCUT2D eigenvalue weighted by molar-refractivity contribution is -0.115. The Labute approximate surface area is 97.5 Å². The van der Waals surface area contributed by atoms with Crippen LogP contribution in [0, 0.1) is 11.3 Å². The van der Waals surface area contributed by atoms with E-state index in [1.165, 1.54) is 4.80 Å². The summed E-state index contributed by atoms with van der Waals surface area (Å²) in [5, 5.41) is 18.9. The number of anilines is 1. The number of nitrogens with zero attached hydrogens (tertiary/aromatic N) is 4. The molecule has 0 atom stereocenters. The fraction of sp³-hybridized carbons (Fsp3) is 0.0909. The minimum atomic E-state index is -0.322. The molecule has 0 aliphatic heterocycles. The topological polar surface area (TPSA) is 83.6 Å². The summed E-state index contributed by atoms with van der Waals surface area (Å²) in [6.07, 6.45) is 3.02. The highest BCUT2D eigenvalue weighted by Gasteiger charge is 2.02. The van der Waals surface area contributed by atoms with E-state index in [1.807, 2.05) is 0 Å². The second kappa shape index (κ2) is 4.90. The lowest BCUT2D eigenvalue weighted by Gasteiger charge is -2.04. The van der Waals surface area contributed by atoms with Crippen molar-refractivity contribution < 1.29 is 4.79 Å². The van der Waals surface area contributed by atoms with Gasteiger partial charge in [-0.3, -0.25) is 4.79 Å². The zero-order chi connectivity index (χ0) is 12.1. The summed E-state index contributed by atoms with van der Waals surface area (Å²) >= 11 is 0. The van der Waals surface area contributed by atoms with Crippen molar-refractivity contribution in [2.45, 2.75) is 6.42 Å². The van der Waals surface area contributed by atoms with E-state index in [4.69, 9.17) is 5.26 Å². The third-order valence-electron chi connectivity index (χ3n) is 2.04.